The van der Waals surface area contributed by atoms with Gasteiger partial charge in [0.2, 0.25) is 10.0 Å². The molecular formula is C21H24N4O3S2. The summed E-state index contributed by atoms with van der Waals surface area (Å²) in [5, 5.41) is 5.66. The normalized spacial score (nSPS) is 14.9. The SMILES string of the molecule is Cc1cc(C(=O)NCc2ccc(S(=O)(=O)N3CCCC3)cc2)c(C)n1-c1nccs1. The minimum atomic E-state index is -3.42. The second kappa shape index (κ2) is 8.33. The van der Waals surface area contributed by atoms with E-state index in [1.165, 1.54) is 15.6 Å². The van der Waals surface area contributed by atoms with Crippen LogP contribution in [0, 0.1) is 13.8 Å². The van der Waals surface area contributed by atoms with Crippen molar-refractivity contribution in [2.75, 3.05) is 13.1 Å². The molecule has 1 aliphatic heterocycles. The van der Waals surface area contributed by atoms with Gasteiger partial charge in [-0.3, -0.25) is 9.36 Å². The van der Waals surface area contributed by atoms with E-state index in [-0.39, 0.29) is 5.91 Å². The smallest absolute Gasteiger partial charge is 0.253 e. The fourth-order valence-corrected chi connectivity index (χ4v) is 6.02. The topological polar surface area (TPSA) is 84.3 Å². The number of rotatable bonds is 6. The Morgan fingerprint density at radius 1 is 1.17 bits per heavy atom. The Labute approximate surface area is 180 Å². The summed E-state index contributed by atoms with van der Waals surface area (Å²) in [5.41, 5.74) is 3.24. The summed E-state index contributed by atoms with van der Waals surface area (Å²) < 4.78 is 28.7. The molecule has 2 aromatic heterocycles. The Hall–Kier alpha value is -2.49. The second-order valence-electron chi connectivity index (χ2n) is 7.37. The van der Waals surface area contributed by atoms with E-state index < -0.39 is 10.0 Å². The van der Waals surface area contributed by atoms with E-state index in [0.717, 1.165) is 34.9 Å². The maximum Gasteiger partial charge on any atom is 0.253 e. The largest absolute Gasteiger partial charge is 0.348 e. The third-order valence-electron chi connectivity index (χ3n) is 5.37. The van der Waals surface area contributed by atoms with Crippen molar-refractivity contribution in [2.45, 2.75) is 38.1 Å². The predicted molar refractivity (Wildman–Crippen MR) is 117 cm³/mol. The van der Waals surface area contributed by atoms with Gasteiger partial charge in [-0.15, -0.1) is 11.3 Å². The summed E-state index contributed by atoms with van der Waals surface area (Å²) in [6.07, 6.45) is 3.56. The first-order valence-electron chi connectivity index (χ1n) is 9.84. The number of amides is 1. The first kappa shape index (κ1) is 20.8. The first-order chi connectivity index (χ1) is 14.4. The molecule has 0 saturated carbocycles. The first-order valence-corrected chi connectivity index (χ1v) is 12.2. The number of sulfonamides is 1. The van der Waals surface area contributed by atoms with Crippen LogP contribution in [0.25, 0.3) is 5.13 Å². The van der Waals surface area contributed by atoms with Crippen LogP contribution < -0.4 is 5.32 Å². The van der Waals surface area contributed by atoms with Crippen LogP contribution in [0.4, 0.5) is 0 Å². The lowest BCUT2D eigenvalue weighted by Crippen LogP contribution is -2.28. The van der Waals surface area contributed by atoms with Gasteiger partial charge >= 0.3 is 0 Å². The summed E-state index contributed by atoms with van der Waals surface area (Å²) in [4.78, 5) is 17.4. The van der Waals surface area contributed by atoms with Crippen molar-refractivity contribution in [3.8, 4) is 5.13 Å². The van der Waals surface area contributed by atoms with Gasteiger partial charge in [-0.1, -0.05) is 12.1 Å². The molecule has 1 aromatic carbocycles. The number of nitrogens with zero attached hydrogens (tertiary/aromatic N) is 3. The molecule has 0 bridgehead atoms. The van der Waals surface area contributed by atoms with Crippen LogP contribution in [0.5, 0.6) is 0 Å². The number of carbonyl (C=O) groups excluding carboxylic acids is 1. The molecule has 1 aliphatic rings. The van der Waals surface area contributed by atoms with Gasteiger partial charge in [0.25, 0.3) is 5.91 Å². The van der Waals surface area contributed by atoms with Gasteiger partial charge < -0.3 is 5.32 Å². The molecule has 1 amide bonds. The quantitative estimate of drug-likeness (QED) is 0.632. The van der Waals surface area contributed by atoms with E-state index in [2.05, 4.69) is 10.3 Å². The number of carbonyl (C=O) groups is 1. The minimum absolute atomic E-state index is 0.167. The highest BCUT2D eigenvalue weighted by atomic mass is 32.2. The maximum absolute atomic E-state index is 12.7. The van der Waals surface area contributed by atoms with Gasteiger partial charge in [0.1, 0.15) is 0 Å². The van der Waals surface area contributed by atoms with Gasteiger partial charge in [-0.2, -0.15) is 4.31 Å². The van der Waals surface area contributed by atoms with Gasteiger partial charge in [0.15, 0.2) is 5.13 Å². The second-order valence-corrected chi connectivity index (χ2v) is 10.2. The van der Waals surface area contributed by atoms with E-state index >= 15 is 0 Å². The molecule has 3 aromatic rings. The molecular weight excluding hydrogens is 420 g/mol. The Morgan fingerprint density at radius 2 is 1.87 bits per heavy atom. The van der Waals surface area contributed by atoms with E-state index in [1.807, 2.05) is 29.9 Å². The number of hydrogen-bond donors (Lipinski definition) is 1. The maximum atomic E-state index is 12.7. The van der Waals surface area contributed by atoms with Gasteiger partial charge in [-0.05, 0) is 50.5 Å². The molecule has 1 saturated heterocycles. The van der Waals surface area contributed by atoms with Gasteiger partial charge in [-0.25, -0.2) is 13.4 Å². The third-order valence-corrected chi connectivity index (χ3v) is 8.04. The standard InChI is InChI=1S/C21H24N4O3S2/c1-15-13-19(16(2)25(15)21-22-9-12-29-21)20(26)23-14-17-5-7-18(8-6-17)30(27,28)24-10-3-4-11-24/h5-9,12-13H,3-4,10-11,14H2,1-2H3,(H,23,26). The lowest BCUT2D eigenvalue weighted by molar-refractivity contribution is 0.0950. The van der Waals surface area contributed by atoms with Crippen LogP contribution in [0.2, 0.25) is 0 Å². The average molecular weight is 445 g/mol. The van der Waals surface area contributed by atoms with E-state index in [1.54, 1.807) is 30.5 Å². The molecule has 0 aliphatic carbocycles. The summed E-state index contributed by atoms with van der Waals surface area (Å²) in [5.74, 6) is -0.167. The molecule has 0 unspecified atom stereocenters. The molecule has 0 atom stereocenters. The molecule has 0 radical (unpaired) electrons. The highest BCUT2D eigenvalue weighted by Gasteiger charge is 2.27. The molecule has 1 N–H and O–H groups in total. The van der Waals surface area contributed by atoms with Crippen molar-refractivity contribution < 1.29 is 13.2 Å². The van der Waals surface area contributed by atoms with Gasteiger partial charge in [0.05, 0.1) is 10.5 Å². The number of aryl methyl sites for hydroxylation is 1. The van der Waals surface area contributed by atoms with Crippen molar-refractivity contribution in [1.82, 2.24) is 19.2 Å². The molecule has 1 fully saturated rings. The number of hydrogen-bond acceptors (Lipinski definition) is 5. The van der Waals surface area contributed by atoms with Crippen molar-refractivity contribution in [1.29, 1.82) is 0 Å². The highest BCUT2D eigenvalue weighted by Crippen LogP contribution is 2.23. The van der Waals surface area contributed by atoms with Crippen LogP contribution >= 0.6 is 11.3 Å². The lowest BCUT2D eigenvalue weighted by Gasteiger charge is -2.15. The van der Waals surface area contributed by atoms with E-state index in [9.17, 15) is 13.2 Å². The zero-order chi connectivity index (χ0) is 21.3. The minimum Gasteiger partial charge on any atom is -0.348 e. The number of nitrogens with one attached hydrogen (secondary N) is 1. The van der Waals surface area contributed by atoms with Crippen LogP contribution in [0.15, 0.2) is 46.8 Å². The van der Waals surface area contributed by atoms with Crippen LogP contribution in [0.1, 0.15) is 40.2 Å². The van der Waals surface area contributed by atoms with Crippen molar-refractivity contribution in [3.63, 3.8) is 0 Å². The van der Waals surface area contributed by atoms with Crippen molar-refractivity contribution >= 4 is 27.3 Å². The number of thiazole rings is 1. The summed E-state index contributed by atoms with van der Waals surface area (Å²) in [6.45, 7) is 5.34. The van der Waals surface area contributed by atoms with Gasteiger partial charge in [0, 0.05) is 42.6 Å². The lowest BCUT2D eigenvalue weighted by atomic mass is 10.2. The van der Waals surface area contributed by atoms with Crippen molar-refractivity contribution in [3.05, 3.63) is 64.4 Å². The Bertz CT molecular complexity index is 1140. The fourth-order valence-electron chi connectivity index (χ4n) is 3.75. The molecule has 30 heavy (non-hydrogen) atoms. The number of benzene rings is 1. The monoisotopic (exact) mass is 444 g/mol. The van der Waals surface area contributed by atoms with Crippen LogP contribution in [-0.2, 0) is 16.6 Å². The highest BCUT2D eigenvalue weighted by molar-refractivity contribution is 7.89. The summed E-state index contributed by atoms with van der Waals surface area (Å²) in [7, 11) is -3.42. The zero-order valence-electron chi connectivity index (χ0n) is 17.0. The van der Waals surface area contributed by atoms with Crippen LogP contribution in [-0.4, -0.2) is 41.3 Å². The Balaban J connectivity index is 1.44. The Kier molecular flexibility index (Phi) is 5.77. The van der Waals surface area contributed by atoms with E-state index in [4.69, 9.17) is 0 Å². The molecule has 0 spiro atoms. The Morgan fingerprint density at radius 3 is 2.50 bits per heavy atom. The molecule has 158 valence electrons. The molecule has 4 rings (SSSR count). The molecule has 3 heterocycles. The van der Waals surface area contributed by atoms with E-state index in [0.29, 0.717) is 30.1 Å². The predicted octanol–water partition coefficient (Wildman–Crippen LogP) is 3.27. The summed E-state index contributed by atoms with van der Waals surface area (Å²) in [6, 6.07) is 8.59. The molecule has 9 heteroatoms. The summed E-state index contributed by atoms with van der Waals surface area (Å²) >= 11 is 1.52. The fraction of sp³-hybridized carbons (Fsp3) is 0.333. The van der Waals surface area contributed by atoms with Crippen molar-refractivity contribution in [2.24, 2.45) is 0 Å². The third kappa shape index (κ3) is 3.92. The van der Waals surface area contributed by atoms with Crippen LogP contribution in [0.3, 0.4) is 0 Å². The zero-order valence-corrected chi connectivity index (χ0v) is 18.6. The molecule has 7 nitrogen and oxygen atoms in total. The number of aromatic nitrogens is 2. The average Bonchev–Trinajstić information content (AvgIpc) is 3.48.